The number of fused-ring (bicyclic) bond motifs is 1. The second-order valence-corrected chi connectivity index (χ2v) is 4.03. The zero-order chi connectivity index (χ0) is 13.2. The Labute approximate surface area is 108 Å². The molecule has 19 heavy (non-hydrogen) atoms. The van der Waals surface area contributed by atoms with Gasteiger partial charge in [-0.1, -0.05) is 6.07 Å². The molecule has 2 N–H and O–H groups in total. The van der Waals surface area contributed by atoms with Crippen molar-refractivity contribution in [2.45, 2.75) is 6.92 Å². The van der Waals surface area contributed by atoms with Crippen LogP contribution in [0.5, 0.6) is 11.5 Å². The third kappa shape index (κ3) is 2.22. The molecule has 0 atom stereocenters. The summed E-state index contributed by atoms with van der Waals surface area (Å²) in [6, 6.07) is 5.18. The predicted molar refractivity (Wildman–Crippen MR) is 66.5 cm³/mol. The Hall–Kier alpha value is -2.57. The average Bonchev–Trinajstić information content (AvgIpc) is 2.83. The number of amides is 1. The monoisotopic (exact) mass is 260 g/mol. The molecule has 0 fully saturated rings. The summed E-state index contributed by atoms with van der Waals surface area (Å²) in [6.45, 7) is 2.67. The number of anilines is 1. The molecular weight excluding hydrogens is 248 g/mol. The van der Waals surface area contributed by atoms with E-state index in [9.17, 15) is 4.79 Å². The number of para-hydroxylation sites is 1. The largest absolute Gasteiger partial charge is 0.486 e. The van der Waals surface area contributed by atoms with Gasteiger partial charge in [-0.2, -0.15) is 4.98 Å². The SMILES string of the molecule is Cc1nc(NC(=O)c2cccc3c2OCCO3)n[nH]1. The Morgan fingerprint density at radius 2 is 2.21 bits per heavy atom. The van der Waals surface area contributed by atoms with E-state index in [1.54, 1.807) is 25.1 Å². The van der Waals surface area contributed by atoms with E-state index in [4.69, 9.17) is 9.47 Å². The van der Waals surface area contributed by atoms with Crippen LogP contribution in [0.1, 0.15) is 16.2 Å². The lowest BCUT2D eigenvalue weighted by Crippen LogP contribution is -2.20. The number of hydrogen-bond acceptors (Lipinski definition) is 5. The first-order valence-electron chi connectivity index (χ1n) is 5.83. The molecule has 7 heteroatoms. The third-order valence-electron chi connectivity index (χ3n) is 2.63. The van der Waals surface area contributed by atoms with Crippen molar-refractivity contribution in [2.24, 2.45) is 0 Å². The maximum absolute atomic E-state index is 12.2. The van der Waals surface area contributed by atoms with E-state index in [1.165, 1.54) is 0 Å². The van der Waals surface area contributed by atoms with E-state index in [2.05, 4.69) is 20.5 Å². The van der Waals surface area contributed by atoms with Gasteiger partial charge in [-0.3, -0.25) is 15.2 Å². The first-order chi connectivity index (χ1) is 9.24. The van der Waals surface area contributed by atoms with Crippen LogP contribution in [0.3, 0.4) is 0 Å². The smallest absolute Gasteiger partial charge is 0.261 e. The number of aryl methyl sites for hydroxylation is 1. The van der Waals surface area contributed by atoms with Gasteiger partial charge < -0.3 is 9.47 Å². The van der Waals surface area contributed by atoms with Crippen LogP contribution < -0.4 is 14.8 Å². The lowest BCUT2D eigenvalue weighted by Gasteiger charge is -2.20. The number of hydrogen-bond donors (Lipinski definition) is 2. The average molecular weight is 260 g/mol. The van der Waals surface area contributed by atoms with Gasteiger partial charge >= 0.3 is 0 Å². The van der Waals surface area contributed by atoms with Crippen molar-refractivity contribution in [3.63, 3.8) is 0 Å². The topological polar surface area (TPSA) is 89.1 Å². The van der Waals surface area contributed by atoms with Gasteiger partial charge in [0.2, 0.25) is 5.95 Å². The molecule has 1 aromatic carbocycles. The van der Waals surface area contributed by atoms with Gasteiger partial charge in [0.25, 0.3) is 5.91 Å². The number of aromatic amines is 1. The molecule has 0 spiro atoms. The fraction of sp³-hybridized carbons (Fsp3) is 0.250. The molecule has 0 bridgehead atoms. The quantitative estimate of drug-likeness (QED) is 0.845. The minimum Gasteiger partial charge on any atom is -0.486 e. The van der Waals surface area contributed by atoms with Crippen LogP contribution in [0.4, 0.5) is 5.95 Å². The second kappa shape index (κ2) is 4.60. The van der Waals surface area contributed by atoms with E-state index in [0.717, 1.165) is 0 Å². The van der Waals surface area contributed by atoms with Crippen LogP contribution in [-0.2, 0) is 0 Å². The normalized spacial score (nSPS) is 13.1. The van der Waals surface area contributed by atoms with Gasteiger partial charge in [-0.25, -0.2) is 0 Å². The van der Waals surface area contributed by atoms with E-state index in [1.807, 2.05) is 0 Å². The van der Waals surface area contributed by atoms with Crippen LogP contribution in [0.2, 0.25) is 0 Å². The van der Waals surface area contributed by atoms with E-state index in [0.29, 0.717) is 36.1 Å². The summed E-state index contributed by atoms with van der Waals surface area (Å²) in [5.74, 6) is 1.56. The molecule has 2 heterocycles. The van der Waals surface area contributed by atoms with Crippen LogP contribution in [0.25, 0.3) is 0 Å². The van der Waals surface area contributed by atoms with Crippen molar-refractivity contribution >= 4 is 11.9 Å². The van der Waals surface area contributed by atoms with E-state index < -0.39 is 0 Å². The van der Waals surface area contributed by atoms with Gasteiger partial charge in [-0.05, 0) is 19.1 Å². The number of aromatic nitrogens is 3. The molecular formula is C12H12N4O3. The fourth-order valence-corrected chi connectivity index (χ4v) is 1.82. The number of nitrogens with zero attached hydrogens (tertiary/aromatic N) is 2. The molecule has 98 valence electrons. The highest BCUT2D eigenvalue weighted by molar-refractivity contribution is 6.05. The molecule has 0 unspecified atom stereocenters. The van der Waals surface area contributed by atoms with E-state index >= 15 is 0 Å². The highest BCUT2D eigenvalue weighted by Crippen LogP contribution is 2.33. The summed E-state index contributed by atoms with van der Waals surface area (Å²) in [7, 11) is 0. The predicted octanol–water partition coefficient (Wildman–Crippen LogP) is 1.14. The Morgan fingerprint density at radius 1 is 1.37 bits per heavy atom. The molecule has 0 saturated heterocycles. The molecule has 1 amide bonds. The fourth-order valence-electron chi connectivity index (χ4n) is 1.82. The number of nitrogens with one attached hydrogen (secondary N) is 2. The Morgan fingerprint density at radius 3 is 3.00 bits per heavy atom. The van der Waals surface area contributed by atoms with Crippen LogP contribution in [-0.4, -0.2) is 34.3 Å². The molecule has 3 rings (SSSR count). The summed E-state index contributed by atoms with van der Waals surface area (Å²) < 4.78 is 10.9. The van der Waals surface area contributed by atoms with Crippen molar-refractivity contribution in [3.05, 3.63) is 29.6 Å². The molecule has 0 saturated carbocycles. The number of rotatable bonds is 2. The molecule has 2 aromatic rings. The Balaban J connectivity index is 1.87. The number of ether oxygens (including phenoxy) is 2. The lowest BCUT2D eigenvalue weighted by atomic mass is 10.1. The van der Waals surface area contributed by atoms with E-state index in [-0.39, 0.29) is 11.9 Å². The van der Waals surface area contributed by atoms with Gasteiger partial charge in [0, 0.05) is 0 Å². The standard InChI is InChI=1S/C12H12N4O3/c1-7-13-12(16-15-7)14-11(17)8-3-2-4-9-10(8)19-6-5-18-9/h2-4H,5-6H2,1H3,(H2,13,14,15,16,17). The summed E-state index contributed by atoms with van der Waals surface area (Å²) in [5, 5.41) is 9.11. The second-order valence-electron chi connectivity index (χ2n) is 4.03. The van der Waals surface area contributed by atoms with Gasteiger partial charge in [0.1, 0.15) is 19.0 Å². The Kier molecular flexibility index (Phi) is 2.79. The summed E-state index contributed by atoms with van der Waals surface area (Å²) in [5.41, 5.74) is 0.402. The molecule has 1 aromatic heterocycles. The summed E-state index contributed by atoms with van der Waals surface area (Å²) in [6.07, 6.45) is 0. The minimum absolute atomic E-state index is 0.233. The Bertz CT molecular complexity index is 623. The highest BCUT2D eigenvalue weighted by atomic mass is 16.6. The van der Waals surface area contributed by atoms with Crippen molar-refractivity contribution in [2.75, 3.05) is 18.5 Å². The lowest BCUT2D eigenvalue weighted by molar-refractivity contribution is 0.101. The molecule has 0 aliphatic carbocycles. The molecule has 7 nitrogen and oxygen atoms in total. The third-order valence-corrected chi connectivity index (χ3v) is 2.63. The van der Waals surface area contributed by atoms with Crippen molar-refractivity contribution < 1.29 is 14.3 Å². The minimum atomic E-state index is -0.332. The van der Waals surface area contributed by atoms with Crippen LogP contribution in [0.15, 0.2) is 18.2 Å². The number of carbonyl (C=O) groups excluding carboxylic acids is 1. The van der Waals surface area contributed by atoms with Crippen molar-refractivity contribution in [1.82, 2.24) is 15.2 Å². The maximum Gasteiger partial charge on any atom is 0.261 e. The summed E-state index contributed by atoms with van der Waals surface area (Å²) in [4.78, 5) is 16.2. The first kappa shape index (κ1) is 11.5. The number of H-pyrrole nitrogens is 1. The van der Waals surface area contributed by atoms with Gasteiger partial charge in [-0.15, -0.1) is 5.10 Å². The maximum atomic E-state index is 12.2. The van der Waals surface area contributed by atoms with Gasteiger partial charge in [0.05, 0.1) is 5.56 Å². The number of carbonyl (C=O) groups is 1. The molecule has 1 aliphatic rings. The van der Waals surface area contributed by atoms with Crippen LogP contribution in [0, 0.1) is 6.92 Å². The first-order valence-corrected chi connectivity index (χ1v) is 5.83. The summed E-state index contributed by atoms with van der Waals surface area (Å²) >= 11 is 0. The van der Waals surface area contributed by atoms with Crippen molar-refractivity contribution in [1.29, 1.82) is 0 Å². The molecule has 1 aliphatic heterocycles. The zero-order valence-corrected chi connectivity index (χ0v) is 10.3. The number of benzene rings is 1. The highest BCUT2D eigenvalue weighted by Gasteiger charge is 2.21. The van der Waals surface area contributed by atoms with Crippen LogP contribution >= 0.6 is 0 Å². The molecule has 0 radical (unpaired) electrons. The zero-order valence-electron chi connectivity index (χ0n) is 10.3. The van der Waals surface area contributed by atoms with Crippen molar-refractivity contribution in [3.8, 4) is 11.5 Å². The van der Waals surface area contributed by atoms with Gasteiger partial charge in [0.15, 0.2) is 11.5 Å².